The number of anilines is 1. The zero-order valence-electron chi connectivity index (χ0n) is 15.0. The number of rotatable bonds is 6. The number of nitrogens with one attached hydrogen (secondary N) is 2. The van der Waals surface area contributed by atoms with Gasteiger partial charge >= 0.3 is 0 Å². The number of nitro groups is 1. The van der Waals surface area contributed by atoms with E-state index in [2.05, 4.69) is 21.8 Å². The lowest BCUT2D eigenvalue weighted by atomic mass is 9.91. The predicted octanol–water partition coefficient (Wildman–Crippen LogP) is 2.07. The van der Waals surface area contributed by atoms with Crippen LogP contribution in [0.25, 0.3) is 0 Å². The van der Waals surface area contributed by atoms with Crippen molar-refractivity contribution in [1.29, 1.82) is 5.26 Å². The summed E-state index contributed by atoms with van der Waals surface area (Å²) >= 11 is 1.51. The van der Waals surface area contributed by atoms with Crippen LogP contribution in [-0.2, 0) is 4.79 Å². The quantitative estimate of drug-likeness (QED) is 0.555. The maximum Gasteiger partial charge on any atom is 0.287 e. The highest BCUT2D eigenvalue weighted by Gasteiger charge is 2.38. The molecule has 9 nitrogen and oxygen atoms in total. The van der Waals surface area contributed by atoms with E-state index in [4.69, 9.17) is 0 Å². The van der Waals surface area contributed by atoms with Gasteiger partial charge in [0.1, 0.15) is 23.4 Å². The Morgan fingerprint density at radius 3 is 2.63 bits per heavy atom. The number of carbonyl (C=O) groups excluding carboxylic acids is 1. The van der Waals surface area contributed by atoms with Crippen molar-refractivity contribution in [2.75, 3.05) is 11.1 Å². The van der Waals surface area contributed by atoms with Gasteiger partial charge in [0.05, 0.1) is 11.0 Å². The highest BCUT2D eigenvalue weighted by Crippen LogP contribution is 2.30. The molecule has 1 aliphatic carbocycles. The van der Waals surface area contributed by atoms with Gasteiger partial charge in [0.25, 0.3) is 5.69 Å². The van der Waals surface area contributed by atoms with Crippen molar-refractivity contribution in [1.82, 2.24) is 15.4 Å². The third-order valence-electron chi connectivity index (χ3n) is 4.87. The molecule has 1 aromatic heterocycles. The van der Waals surface area contributed by atoms with E-state index in [9.17, 15) is 20.2 Å². The summed E-state index contributed by atoms with van der Waals surface area (Å²) in [7, 11) is 0. The van der Waals surface area contributed by atoms with Crippen LogP contribution in [-0.4, -0.2) is 50.0 Å². The standard InChI is InChI=1S/C17H22N6O3S/c1-11(24)17-22(15(8-18)10-27-17)21-13-4-2-12(3-5-13)20-16-7-6-14(9-19-16)23(25)26/h6-7,9,12-13,15,17,21H,2-5,10H2,1H3,(H,19,20)/t12-,13-,15?,17-/m1/s1. The molecule has 1 aromatic rings. The first-order chi connectivity index (χ1) is 13.0. The lowest BCUT2D eigenvalue weighted by molar-refractivity contribution is -0.385. The molecule has 10 heteroatoms. The first-order valence-electron chi connectivity index (χ1n) is 8.91. The fourth-order valence-electron chi connectivity index (χ4n) is 3.44. The van der Waals surface area contributed by atoms with Crippen molar-refractivity contribution < 1.29 is 9.72 Å². The number of ketones is 1. The van der Waals surface area contributed by atoms with Crippen LogP contribution < -0.4 is 10.7 Å². The number of aromatic nitrogens is 1. The molecule has 1 saturated heterocycles. The van der Waals surface area contributed by atoms with Gasteiger partial charge in [-0.15, -0.1) is 11.8 Å². The summed E-state index contributed by atoms with van der Waals surface area (Å²) in [5.74, 6) is 1.33. The monoisotopic (exact) mass is 390 g/mol. The Hall–Kier alpha value is -2.22. The van der Waals surface area contributed by atoms with Crippen LogP contribution in [0.1, 0.15) is 32.6 Å². The molecule has 2 N–H and O–H groups in total. The van der Waals surface area contributed by atoms with E-state index in [-0.39, 0.29) is 35.0 Å². The van der Waals surface area contributed by atoms with Crippen LogP contribution in [0.4, 0.5) is 11.5 Å². The molecule has 0 radical (unpaired) electrons. The number of pyridine rings is 1. The zero-order chi connectivity index (χ0) is 19.4. The minimum atomic E-state index is -0.465. The second-order valence-corrected chi connectivity index (χ2v) is 7.94. The van der Waals surface area contributed by atoms with Crippen LogP contribution in [0.3, 0.4) is 0 Å². The molecular weight excluding hydrogens is 368 g/mol. The minimum Gasteiger partial charge on any atom is -0.367 e. The van der Waals surface area contributed by atoms with Gasteiger partial charge in [-0.05, 0) is 38.7 Å². The summed E-state index contributed by atoms with van der Waals surface area (Å²) < 4.78 is 0. The summed E-state index contributed by atoms with van der Waals surface area (Å²) in [6, 6.07) is 5.52. The van der Waals surface area contributed by atoms with Gasteiger partial charge in [0.2, 0.25) is 0 Å². The number of Topliss-reactive ketones (excluding diaryl/α,β-unsaturated/α-hetero) is 1. The van der Waals surface area contributed by atoms with Crippen molar-refractivity contribution in [3.05, 3.63) is 28.4 Å². The molecule has 2 heterocycles. The number of carbonyl (C=O) groups is 1. The van der Waals surface area contributed by atoms with E-state index in [1.165, 1.54) is 24.0 Å². The fraction of sp³-hybridized carbons (Fsp3) is 0.588. The molecule has 2 fully saturated rings. The Morgan fingerprint density at radius 1 is 1.37 bits per heavy atom. The van der Waals surface area contributed by atoms with E-state index < -0.39 is 4.92 Å². The predicted molar refractivity (Wildman–Crippen MR) is 102 cm³/mol. The van der Waals surface area contributed by atoms with Crippen LogP contribution >= 0.6 is 11.8 Å². The highest BCUT2D eigenvalue weighted by molar-refractivity contribution is 8.00. The maximum absolute atomic E-state index is 11.8. The van der Waals surface area contributed by atoms with E-state index in [1.54, 1.807) is 13.0 Å². The highest BCUT2D eigenvalue weighted by atomic mass is 32.2. The summed E-state index contributed by atoms with van der Waals surface area (Å²) in [5, 5.41) is 24.8. The molecule has 1 unspecified atom stereocenters. The first-order valence-corrected chi connectivity index (χ1v) is 9.96. The van der Waals surface area contributed by atoms with Gasteiger partial charge in [0, 0.05) is 23.9 Å². The largest absolute Gasteiger partial charge is 0.367 e. The number of hydrogen-bond donors (Lipinski definition) is 2. The zero-order valence-corrected chi connectivity index (χ0v) is 15.8. The lowest BCUT2D eigenvalue weighted by Crippen LogP contribution is -2.53. The lowest BCUT2D eigenvalue weighted by Gasteiger charge is -2.35. The fourth-order valence-corrected chi connectivity index (χ4v) is 4.65. The average Bonchev–Trinajstić information content (AvgIpc) is 3.06. The second-order valence-electron chi connectivity index (χ2n) is 6.83. The van der Waals surface area contributed by atoms with Crippen LogP contribution in [0.15, 0.2) is 18.3 Å². The Bertz CT molecular complexity index is 729. The Labute approximate surface area is 161 Å². The third kappa shape index (κ3) is 4.74. The van der Waals surface area contributed by atoms with Gasteiger partial charge < -0.3 is 5.32 Å². The number of hydrazine groups is 1. The average molecular weight is 390 g/mol. The van der Waals surface area contributed by atoms with Crippen molar-refractivity contribution in [2.45, 2.75) is 56.1 Å². The first kappa shape index (κ1) is 19.5. The molecule has 0 aromatic carbocycles. The maximum atomic E-state index is 11.8. The molecule has 27 heavy (non-hydrogen) atoms. The molecule has 144 valence electrons. The molecule has 0 bridgehead atoms. The van der Waals surface area contributed by atoms with Crippen LogP contribution in [0.5, 0.6) is 0 Å². The van der Waals surface area contributed by atoms with E-state index in [0.29, 0.717) is 11.6 Å². The van der Waals surface area contributed by atoms with E-state index in [1.807, 2.05) is 5.01 Å². The Kier molecular flexibility index (Phi) is 6.26. The molecule has 2 atom stereocenters. The topological polar surface area (TPSA) is 124 Å². The normalized spacial score (nSPS) is 28.4. The number of thioether (sulfide) groups is 1. The molecule has 3 rings (SSSR count). The van der Waals surface area contributed by atoms with E-state index in [0.717, 1.165) is 25.7 Å². The smallest absolute Gasteiger partial charge is 0.287 e. The van der Waals surface area contributed by atoms with Crippen molar-refractivity contribution in [2.24, 2.45) is 0 Å². The summed E-state index contributed by atoms with van der Waals surface area (Å²) in [6.07, 6.45) is 4.91. The second kappa shape index (κ2) is 8.65. The summed E-state index contributed by atoms with van der Waals surface area (Å²) in [6.45, 7) is 1.56. The Morgan fingerprint density at radius 2 is 2.07 bits per heavy atom. The van der Waals surface area contributed by atoms with E-state index >= 15 is 0 Å². The number of hydrogen-bond acceptors (Lipinski definition) is 9. The van der Waals surface area contributed by atoms with Gasteiger partial charge in [-0.25, -0.2) is 15.4 Å². The van der Waals surface area contributed by atoms with Crippen molar-refractivity contribution in [3.8, 4) is 6.07 Å². The number of nitrogens with zero attached hydrogens (tertiary/aromatic N) is 4. The molecular formula is C17H22N6O3S. The van der Waals surface area contributed by atoms with Crippen molar-refractivity contribution >= 4 is 29.1 Å². The van der Waals surface area contributed by atoms with Gasteiger partial charge in [-0.2, -0.15) is 5.26 Å². The Balaban J connectivity index is 1.50. The van der Waals surface area contributed by atoms with Crippen LogP contribution in [0.2, 0.25) is 0 Å². The van der Waals surface area contributed by atoms with Crippen molar-refractivity contribution in [3.63, 3.8) is 0 Å². The third-order valence-corrected chi connectivity index (χ3v) is 6.25. The molecule has 1 saturated carbocycles. The van der Waals surface area contributed by atoms with Crippen LogP contribution in [0, 0.1) is 21.4 Å². The molecule has 0 amide bonds. The SMILES string of the molecule is CC(=O)[C@H]1SCC(C#N)N1N[C@H]1CC[C@H](Nc2ccc([N+](=O)[O-])cn2)CC1. The van der Waals surface area contributed by atoms with Gasteiger partial charge in [-0.3, -0.25) is 14.9 Å². The minimum absolute atomic E-state index is 0.0241. The summed E-state index contributed by atoms with van der Waals surface area (Å²) in [5.41, 5.74) is 3.38. The molecule has 0 spiro atoms. The molecule has 2 aliphatic rings. The molecule has 1 aliphatic heterocycles. The van der Waals surface area contributed by atoms with Gasteiger partial charge in [0.15, 0.2) is 5.78 Å². The number of nitriles is 1. The van der Waals surface area contributed by atoms with Gasteiger partial charge in [-0.1, -0.05) is 0 Å². The summed E-state index contributed by atoms with van der Waals surface area (Å²) in [4.78, 5) is 26.1.